The van der Waals surface area contributed by atoms with Gasteiger partial charge in [0.2, 0.25) is 5.88 Å². The highest BCUT2D eigenvalue weighted by molar-refractivity contribution is 5.68. The summed E-state index contributed by atoms with van der Waals surface area (Å²) in [6.45, 7) is 1.86. The van der Waals surface area contributed by atoms with Gasteiger partial charge in [0, 0.05) is 12.6 Å². The molecule has 1 aromatic heterocycles. The Hall–Kier alpha value is -3.58. The first-order valence-electron chi connectivity index (χ1n) is 10.7. The topological polar surface area (TPSA) is 77.5 Å². The van der Waals surface area contributed by atoms with E-state index in [2.05, 4.69) is 20.6 Å². The summed E-state index contributed by atoms with van der Waals surface area (Å²) in [7, 11) is 3.29. The maximum absolute atomic E-state index is 6.11. The fourth-order valence-corrected chi connectivity index (χ4v) is 3.46. The van der Waals surface area contributed by atoms with Gasteiger partial charge in [0.15, 0.2) is 5.82 Å². The highest BCUT2D eigenvalue weighted by Crippen LogP contribution is 2.29. The minimum Gasteiger partial charge on any atom is -0.497 e. The molecule has 2 N–H and O–H groups in total. The third-order valence-electron chi connectivity index (χ3n) is 5.29. The van der Waals surface area contributed by atoms with E-state index in [1.165, 1.54) is 6.42 Å². The molecule has 2 heterocycles. The van der Waals surface area contributed by atoms with Crippen LogP contribution in [0.25, 0.3) is 12.2 Å². The zero-order valence-electron chi connectivity index (χ0n) is 18.4. The molecular weight excluding hydrogens is 404 g/mol. The molecule has 0 unspecified atom stereocenters. The van der Waals surface area contributed by atoms with E-state index >= 15 is 0 Å². The molecule has 7 heteroatoms. The molecule has 0 radical (unpaired) electrons. The van der Waals surface area contributed by atoms with Crippen molar-refractivity contribution in [3.05, 3.63) is 66.1 Å². The fourth-order valence-electron chi connectivity index (χ4n) is 3.46. The lowest BCUT2D eigenvalue weighted by molar-refractivity contribution is 0.412. The molecule has 32 heavy (non-hydrogen) atoms. The van der Waals surface area contributed by atoms with Crippen molar-refractivity contribution in [1.29, 1.82) is 0 Å². The van der Waals surface area contributed by atoms with Gasteiger partial charge in [-0.05, 0) is 67.4 Å². The smallest absolute Gasteiger partial charge is 0.246 e. The van der Waals surface area contributed by atoms with Crippen LogP contribution >= 0.6 is 0 Å². The SMILES string of the molecule is COc1ccc(C=Cc2ncc(NC[C@@H]3CCCN3)c(Oc3ccc(OC)cc3)n2)cc1. The third-order valence-corrected chi connectivity index (χ3v) is 5.29. The van der Waals surface area contributed by atoms with E-state index in [0.29, 0.717) is 23.5 Å². The molecule has 166 valence electrons. The van der Waals surface area contributed by atoms with Gasteiger partial charge in [0.25, 0.3) is 0 Å². The van der Waals surface area contributed by atoms with E-state index in [0.717, 1.165) is 42.3 Å². The number of methoxy groups -OCH3 is 2. The number of rotatable bonds is 9. The van der Waals surface area contributed by atoms with Crippen LogP contribution in [0.5, 0.6) is 23.1 Å². The van der Waals surface area contributed by atoms with Crippen molar-refractivity contribution in [3.63, 3.8) is 0 Å². The van der Waals surface area contributed by atoms with Gasteiger partial charge >= 0.3 is 0 Å². The number of nitrogens with one attached hydrogen (secondary N) is 2. The van der Waals surface area contributed by atoms with Gasteiger partial charge in [0.1, 0.15) is 22.9 Å². The predicted molar refractivity (Wildman–Crippen MR) is 127 cm³/mol. The minimum absolute atomic E-state index is 0.443. The first-order chi connectivity index (χ1) is 15.7. The predicted octanol–water partition coefficient (Wildman–Crippen LogP) is 4.62. The highest BCUT2D eigenvalue weighted by Gasteiger charge is 2.16. The minimum atomic E-state index is 0.443. The summed E-state index contributed by atoms with van der Waals surface area (Å²) in [5.74, 6) is 3.32. The lowest BCUT2D eigenvalue weighted by Crippen LogP contribution is -2.29. The first kappa shape index (κ1) is 21.6. The summed E-state index contributed by atoms with van der Waals surface area (Å²) in [6, 6.07) is 15.7. The molecule has 1 saturated heterocycles. The van der Waals surface area contributed by atoms with E-state index in [-0.39, 0.29) is 0 Å². The van der Waals surface area contributed by atoms with Crippen molar-refractivity contribution < 1.29 is 14.2 Å². The summed E-state index contributed by atoms with van der Waals surface area (Å²) < 4.78 is 16.5. The Balaban J connectivity index is 1.53. The Kier molecular flexibility index (Phi) is 7.19. The number of ether oxygens (including phenoxy) is 3. The Morgan fingerprint density at radius 3 is 2.31 bits per heavy atom. The lowest BCUT2D eigenvalue weighted by Gasteiger charge is -2.15. The maximum atomic E-state index is 6.11. The first-order valence-corrected chi connectivity index (χ1v) is 10.7. The molecule has 0 bridgehead atoms. The Morgan fingerprint density at radius 1 is 0.969 bits per heavy atom. The van der Waals surface area contributed by atoms with E-state index in [4.69, 9.17) is 14.2 Å². The second-order valence-corrected chi connectivity index (χ2v) is 7.51. The summed E-state index contributed by atoms with van der Waals surface area (Å²) >= 11 is 0. The fraction of sp³-hybridized carbons (Fsp3) is 0.280. The number of benzene rings is 2. The summed E-state index contributed by atoms with van der Waals surface area (Å²) in [4.78, 5) is 9.14. The van der Waals surface area contributed by atoms with Crippen LogP contribution in [-0.2, 0) is 0 Å². The molecule has 0 spiro atoms. The van der Waals surface area contributed by atoms with Crippen molar-refractivity contribution in [3.8, 4) is 23.1 Å². The Bertz CT molecular complexity index is 1030. The number of hydrogen-bond donors (Lipinski definition) is 2. The van der Waals surface area contributed by atoms with Gasteiger partial charge in [0.05, 0.1) is 20.4 Å². The molecule has 1 atom stereocenters. The summed E-state index contributed by atoms with van der Waals surface area (Å²) in [6.07, 6.45) is 7.96. The Morgan fingerprint density at radius 2 is 1.66 bits per heavy atom. The lowest BCUT2D eigenvalue weighted by atomic mass is 10.2. The third kappa shape index (κ3) is 5.76. The molecule has 1 aliphatic rings. The van der Waals surface area contributed by atoms with E-state index in [1.807, 2.05) is 60.7 Å². The highest BCUT2D eigenvalue weighted by atomic mass is 16.5. The van der Waals surface area contributed by atoms with Gasteiger partial charge < -0.3 is 24.8 Å². The van der Waals surface area contributed by atoms with Gasteiger partial charge in [-0.2, -0.15) is 4.98 Å². The molecule has 0 amide bonds. The normalized spacial score (nSPS) is 15.6. The average molecular weight is 433 g/mol. The van der Waals surface area contributed by atoms with Gasteiger partial charge in [-0.1, -0.05) is 18.2 Å². The van der Waals surface area contributed by atoms with Crippen LogP contribution in [0.4, 0.5) is 5.69 Å². The van der Waals surface area contributed by atoms with Gasteiger partial charge in [-0.3, -0.25) is 0 Å². The van der Waals surface area contributed by atoms with Gasteiger partial charge in [-0.25, -0.2) is 4.98 Å². The molecular formula is C25H28N4O3. The van der Waals surface area contributed by atoms with Crippen LogP contribution in [-0.4, -0.2) is 43.3 Å². The summed E-state index contributed by atoms with van der Waals surface area (Å²) in [5, 5.41) is 6.93. The van der Waals surface area contributed by atoms with Crippen molar-refractivity contribution in [2.24, 2.45) is 0 Å². The zero-order valence-corrected chi connectivity index (χ0v) is 18.4. The quantitative estimate of drug-likeness (QED) is 0.511. The largest absolute Gasteiger partial charge is 0.497 e. The van der Waals surface area contributed by atoms with Crippen molar-refractivity contribution in [2.45, 2.75) is 18.9 Å². The molecule has 4 rings (SSSR count). The van der Waals surface area contributed by atoms with Crippen molar-refractivity contribution >= 4 is 17.8 Å². The van der Waals surface area contributed by atoms with Crippen LogP contribution in [0.2, 0.25) is 0 Å². The number of anilines is 1. The van der Waals surface area contributed by atoms with Crippen LogP contribution < -0.4 is 24.8 Å². The maximum Gasteiger partial charge on any atom is 0.246 e. The second kappa shape index (κ2) is 10.6. The summed E-state index contributed by atoms with van der Waals surface area (Å²) in [5.41, 5.74) is 1.79. The van der Waals surface area contributed by atoms with E-state index in [9.17, 15) is 0 Å². The monoisotopic (exact) mass is 432 g/mol. The van der Waals surface area contributed by atoms with Gasteiger partial charge in [-0.15, -0.1) is 0 Å². The molecule has 7 nitrogen and oxygen atoms in total. The zero-order chi connectivity index (χ0) is 22.2. The van der Waals surface area contributed by atoms with E-state index < -0.39 is 0 Å². The van der Waals surface area contributed by atoms with Crippen LogP contribution in [0.15, 0.2) is 54.7 Å². The molecule has 1 fully saturated rings. The molecule has 3 aromatic rings. The van der Waals surface area contributed by atoms with Crippen LogP contribution in [0.1, 0.15) is 24.2 Å². The second-order valence-electron chi connectivity index (χ2n) is 7.51. The number of nitrogens with zero attached hydrogens (tertiary/aromatic N) is 2. The Labute approximate surface area is 188 Å². The average Bonchev–Trinajstić information content (AvgIpc) is 3.37. The number of hydrogen-bond acceptors (Lipinski definition) is 7. The molecule has 0 saturated carbocycles. The molecule has 1 aliphatic heterocycles. The van der Waals surface area contributed by atoms with E-state index in [1.54, 1.807) is 20.4 Å². The van der Waals surface area contributed by atoms with Crippen LogP contribution in [0, 0.1) is 0 Å². The number of aromatic nitrogens is 2. The van der Waals surface area contributed by atoms with Crippen molar-refractivity contribution in [2.75, 3.05) is 32.6 Å². The molecule has 2 aromatic carbocycles. The van der Waals surface area contributed by atoms with Crippen molar-refractivity contribution in [1.82, 2.24) is 15.3 Å². The standard InChI is InChI=1S/C25H28N4O3/c1-30-20-8-5-18(6-9-20)7-14-24-28-17-23(27-16-19-4-3-15-26-19)25(29-24)32-22-12-10-21(31-2)11-13-22/h5-14,17,19,26-27H,3-4,15-16H2,1-2H3/t19-/m0/s1. The molecule has 0 aliphatic carbocycles. The van der Waals surface area contributed by atoms with Crippen LogP contribution in [0.3, 0.4) is 0 Å².